The van der Waals surface area contributed by atoms with Crippen molar-refractivity contribution in [1.29, 1.82) is 0 Å². The van der Waals surface area contributed by atoms with E-state index < -0.39 is 18.2 Å². The van der Waals surface area contributed by atoms with Gasteiger partial charge in [0.05, 0.1) is 5.89 Å². The molecule has 0 amide bonds. The van der Waals surface area contributed by atoms with Gasteiger partial charge in [-0.25, -0.2) is 0 Å². The Kier molecular flexibility index (Phi) is 2.06. The molecule has 1 unspecified atom stereocenters. The highest BCUT2D eigenvalue weighted by atomic mass is 16.4. The first-order valence-electron chi connectivity index (χ1n) is 5.13. The molecule has 0 aromatic carbocycles. The molecule has 0 rings (SSSR count). The zero-order valence-corrected chi connectivity index (χ0v) is 7.56. The standard InChI is InChI=1S/C9H18O2/c1-7(8(10)11)5-6-9(2,3)4/h7H,5-6H2,1-4H3,(H,10,11)/i5D2,7D. The van der Waals surface area contributed by atoms with Crippen molar-refractivity contribution in [3.8, 4) is 0 Å². The summed E-state index contributed by atoms with van der Waals surface area (Å²) in [6, 6.07) is 0. The summed E-state index contributed by atoms with van der Waals surface area (Å²) in [4.78, 5) is 10.7. The molecule has 0 aromatic rings. The summed E-state index contributed by atoms with van der Waals surface area (Å²) in [6.07, 6.45) is -1.98. The van der Waals surface area contributed by atoms with Crippen LogP contribution in [-0.2, 0) is 4.79 Å². The lowest BCUT2D eigenvalue weighted by Crippen LogP contribution is -2.13. The minimum atomic E-state index is -2.10. The van der Waals surface area contributed by atoms with Crippen molar-refractivity contribution in [2.45, 2.75) is 40.5 Å². The average Bonchev–Trinajstić information content (AvgIpc) is 1.80. The fraction of sp³-hybridized carbons (Fsp3) is 0.889. The van der Waals surface area contributed by atoms with E-state index in [1.54, 1.807) is 0 Å². The Labute approximate surface area is 72.8 Å². The van der Waals surface area contributed by atoms with Crippen LogP contribution in [0.1, 0.15) is 44.6 Å². The molecular weight excluding hydrogens is 140 g/mol. The third-order valence-corrected chi connectivity index (χ3v) is 1.20. The zero-order valence-electron chi connectivity index (χ0n) is 10.6. The molecule has 2 nitrogen and oxygen atoms in total. The van der Waals surface area contributed by atoms with Crippen LogP contribution in [0.15, 0.2) is 0 Å². The summed E-state index contributed by atoms with van der Waals surface area (Å²) in [6.45, 7) is 6.56. The summed E-state index contributed by atoms with van der Waals surface area (Å²) < 4.78 is 22.7. The number of carboxylic acids is 1. The van der Waals surface area contributed by atoms with Crippen LogP contribution >= 0.6 is 0 Å². The van der Waals surface area contributed by atoms with Crippen molar-refractivity contribution in [3.05, 3.63) is 0 Å². The van der Waals surface area contributed by atoms with Crippen molar-refractivity contribution in [3.63, 3.8) is 0 Å². The van der Waals surface area contributed by atoms with Crippen LogP contribution in [-0.4, -0.2) is 11.1 Å². The number of rotatable bonds is 3. The van der Waals surface area contributed by atoms with Gasteiger partial charge in [-0.2, -0.15) is 0 Å². The van der Waals surface area contributed by atoms with E-state index in [0.29, 0.717) is 0 Å². The highest BCUT2D eigenvalue weighted by Gasteiger charge is 2.16. The third kappa shape index (κ3) is 5.89. The minimum Gasteiger partial charge on any atom is -0.481 e. The first-order chi connectivity index (χ1) is 5.90. The highest BCUT2D eigenvalue weighted by molar-refractivity contribution is 5.69. The Hall–Kier alpha value is -0.530. The third-order valence-electron chi connectivity index (χ3n) is 1.20. The lowest BCUT2D eigenvalue weighted by atomic mass is 9.87. The second-order valence-electron chi connectivity index (χ2n) is 3.84. The van der Waals surface area contributed by atoms with Crippen LogP contribution in [0.2, 0.25) is 0 Å². The first-order valence-corrected chi connectivity index (χ1v) is 3.63. The maximum absolute atomic E-state index is 10.7. The number of carboxylic acid groups (broad SMARTS) is 1. The van der Waals surface area contributed by atoms with Crippen LogP contribution < -0.4 is 0 Å². The van der Waals surface area contributed by atoms with Crippen molar-refractivity contribution >= 4 is 5.97 Å². The number of aliphatic carboxylic acids is 1. The van der Waals surface area contributed by atoms with E-state index in [1.807, 2.05) is 20.8 Å². The molecule has 0 saturated carbocycles. The van der Waals surface area contributed by atoms with E-state index in [0.717, 1.165) is 6.92 Å². The van der Waals surface area contributed by atoms with E-state index in [9.17, 15) is 4.79 Å². The molecule has 0 aromatic heterocycles. The molecule has 1 atom stereocenters. The maximum Gasteiger partial charge on any atom is 0.306 e. The van der Waals surface area contributed by atoms with Crippen molar-refractivity contribution in [1.82, 2.24) is 0 Å². The Bertz CT molecular complexity index is 229. The van der Waals surface area contributed by atoms with Gasteiger partial charge < -0.3 is 5.11 Å². The average molecular weight is 161 g/mol. The van der Waals surface area contributed by atoms with Gasteiger partial charge in [0, 0.05) is 4.11 Å². The number of hydrogen-bond acceptors (Lipinski definition) is 1. The SMILES string of the molecule is [2H]C([2H])(CC(C)(C)C)C([2H])(C)C(=O)O. The summed E-state index contributed by atoms with van der Waals surface area (Å²) in [5, 5.41) is 8.75. The molecule has 11 heavy (non-hydrogen) atoms. The largest absolute Gasteiger partial charge is 0.481 e. The quantitative estimate of drug-likeness (QED) is 0.690. The minimum absolute atomic E-state index is 0.0479. The molecule has 0 heterocycles. The van der Waals surface area contributed by atoms with Gasteiger partial charge in [0.2, 0.25) is 0 Å². The topological polar surface area (TPSA) is 37.3 Å². The van der Waals surface area contributed by atoms with Gasteiger partial charge in [-0.05, 0) is 18.2 Å². The lowest BCUT2D eigenvalue weighted by Gasteiger charge is -2.18. The van der Waals surface area contributed by atoms with E-state index in [-0.39, 0.29) is 11.8 Å². The second-order valence-corrected chi connectivity index (χ2v) is 3.84. The van der Waals surface area contributed by atoms with E-state index in [2.05, 4.69) is 0 Å². The lowest BCUT2D eigenvalue weighted by molar-refractivity contribution is -0.141. The number of hydrogen-bond donors (Lipinski definition) is 1. The van der Waals surface area contributed by atoms with Crippen molar-refractivity contribution in [2.24, 2.45) is 11.3 Å². The van der Waals surface area contributed by atoms with Gasteiger partial charge in [0.15, 0.2) is 0 Å². The van der Waals surface area contributed by atoms with Crippen LogP contribution in [0, 0.1) is 11.3 Å². The summed E-state index contributed by atoms with van der Waals surface area (Å²) in [7, 11) is 0. The highest BCUT2D eigenvalue weighted by Crippen LogP contribution is 2.23. The molecule has 0 saturated heterocycles. The molecule has 0 fully saturated rings. The van der Waals surface area contributed by atoms with Gasteiger partial charge in [-0.1, -0.05) is 27.7 Å². The zero-order chi connectivity index (χ0) is 11.8. The van der Waals surface area contributed by atoms with Gasteiger partial charge >= 0.3 is 5.97 Å². The monoisotopic (exact) mass is 161 g/mol. The van der Waals surface area contributed by atoms with Crippen LogP contribution in [0.5, 0.6) is 0 Å². The van der Waals surface area contributed by atoms with Gasteiger partial charge in [-0.15, -0.1) is 0 Å². The molecule has 0 radical (unpaired) electrons. The predicted octanol–water partition coefficient (Wildman–Crippen LogP) is 2.53. The fourth-order valence-corrected chi connectivity index (χ4v) is 0.473. The van der Waals surface area contributed by atoms with Crippen LogP contribution in [0.25, 0.3) is 0 Å². The van der Waals surface area contributed by atoms with E-state index in [1.165, 1.54) is 0 Å². The van der Waals surface area contributed by atoms with Crippen molar-refractivity contribution < 1.29 is 14.0 Å². The Morgan fingerprint density at radius 1 is 1.73 bits per heavy atom. The van der Waals surface area contributed by atoms with Crippen LogP contribution in [0.3, 0.4) is 0 Å². The van der Waals surface area contributed by atoms with E-state index in [4.69, 9.17) is 9.22 Å². The Morgan fingerprint density at radius 3 is 2.45 bits per heavy atom. The molecule has 0 aliphatic carbocycles. The molecular formula is C9H18O2. The Morgan fingerprint density at radius 2 is 2.18 bits per heavy atom. The molecule has 0 spiro atoms. The molecule has 0 aliphatic heterocycles. The summed E-state index contributed by atoms with van der Waals surface area (Å²) >= 11 is 0. The van der Waals surface area contributed by atoms with Gasteiger partial charge in [-0.3, -0.25) is 4.79 Å². The smallest absolute Gasteiger partial charge is 0.306 e. The molecule has 66 valence electrons. The van der Waals surface area contributed by atoms with Crippen LogP contribution in [0.4, 0.5) is 0 Å². The molecule has 0 aliphatic rings. The molecule has 0 bridgehead atoms. The Balaban J connectivity index is 4.87. The van der Waals surface area contributed by atoms with Gasteiger partial charge in [0.1, 0.15) is 0 Å². The number of carbonyl (C=O) groups is 1. The summed E-state index contributed by atoms with van der Waals surface area (Å²) in [5.74, 6) is -3.52. The maximum atomic E-state index is 10.7. The van der Waals surface area contributed by atoms with Gasteiger partial charge in [0.25, 0.3) is 0 Å². The first kappa shape index (κ1) is 6.04. The second kappa shape index (κ2) is 3.74. The molecule has 2 heteroatoms. The fourth-order valence-electron chi connectivity index (χ4n) is 0.473. The summed E-state index contributed by atoms with van der Waals surface area (Å²) in [5.41, 5.74) is -0.332. The normalized spacial score (nSPS) is 22.7. The predicted molar refractivity (Wildman–Crippen MR) is 45.5 cm³/mol. The van der Waals surface area contributed by atoms with E-state index >= 15 is 0 Å². The molecule has 1 N–H and O–H groups in total. The van der Waals surface area contributed by atoms with Crippen molar-refractivity contribution in [2.75, 3.05) is 0 Å².